The highest BCUT2D eigenvalue weighted by Gasteiger charge is 2.45. The molecule has 33 heavy (non-hydrogen) atoms. The van der Waals surface area contributed by atoms with Crippen LogP contribution in [0.1, 0.15) is 30.9 Å². The van der Waals surface area contributed by atoms with Gasteiger partial charge in [-0.05, 0) is 36.8 Å². The standard InChI is InChI=1S/C21H23BrF3N5O3/c22-13-3-1-12(2-4-13)17(21(23,24)25)33-16-9-15(28-19(26)29-16)30-7-5-20(6-8-30)10-14(18(31)32)27-11-20/h1-4,9,14,17,27H,5-8,10-11H2,(H,31,32)(H2,26,28,29)/t14-,17+/m0/s1. The van der Waals surface area contributed by atoms with Crippen molar-refractivity contribution in [2.75, 3.05) is 30.3 Å². The number of carboxylic acids is 1. The average Bonchev–Trinajstić information content (AvgIpc) is 3.16. The van der Waals surface area contributed by atoms with Crippen LogP contribution in [0.4, 0.5) is 24.9 Å². The van der Waals surface area contributed by atoms with E-state index in [1.165, 1.54) is 30.3 Å². The fourth-order valence-corrected chi connectivity index (χ4v) is 4.68. The van der Waals surface area contributed by atoms with Gasteiger partial charge in [-0.3, -0.25) is 4.79 Å². The molecule has 0 bridgehead atoms. The number of hydrogen-bond donors (Lipinski definition) is 3. The first kappa shape index (κ1) is 23.6. The molecule has 0 amide bonds. The third-order valence-electron chi connectivity index (χ3n) is 6.22. The van der Waals surface area contributed by atoms with E-state index in [0.717, 1.165) is 12.8 Å². The molecular formula is C21H23BrF3N5O3. The van der Waals surface area contributed by atoms with E-state index in [0.29, 0.717) is 36.3 Å². The van der Waals surface area contributed by atoms with Gasteiger partial charge in [0, 0.05) is 35.7 Å². The smallest absolute Gasteiger partial charge is 0.429 e. The minimum Gasteiger partial charge on any atom is -0.480 e. The predicted molar refractivity (Wildman–Crippen MR) is 118 cm³/mol. The van der Waals surface area contributed by atoms with Gasteiger partial charge in [0.2, 0.25) is 17.9 Å². The van der Waals surface area contributed by atoms with Crippen LogP contribution in [0.3, 0.4) is 0 Å². The van der Waals surface area contributed by atoms with Gasteiger partial charge in [-0.25, -0.2) is 0 Å². The Labute approximate surface area is 196 Å². The van der Waals surface area contributed by atoms with E-state index < -0.39 is 24.3 Å². The van der Waals surface area contributed by atoms with Crippen LogP contribution in [0.5, 0.6) is 5.88 Å². The summed E-state index contributed by atoms with van der Waals surface area (Å²) in [7, 11) is 0. The number of nitrogens with one attached hydrogen (secondary N) is 1. The number of piperidine rings is 1. The summed E-state index contributed by atoms with van der Waals surface area (Å²) in [6.45, 7) is 1.76. The molecule has 0 aliphatic carbocycles. The van der Waals surface area contributed by atoms with Crippen molar-refractivity contribution in [3.63, 3.8) is 0 Å². The van der Waals surface area contributed by atoms with Crippen LogP contribution in [0.25, 0.3) is 0 Å². The van der Waals surface area contributed by atoms with E-state index in [1.54, 1.807) is 0 Å². The van der Waals surface area contributed by atoms with E-state index in [-0.39, 0.29) is 22.8 Å². The highest BCUT2D eigenvalue weighted by atomic mass is 79.9. The first-order valence-corrected chi connectivity index (χ1v) is 11.2. The van der Waals surface area contributed by atoms with Crippen molar-refractivity contribution in [1.82, 2.24) is 15.3 Å². The van der Waals surface area contributed by atoms with Gasteiger partial charge in [-0.1, -0.05) is 28.1 Å². The number of alkyl halides is 3. The Morgan fingerprint density at radius 1 is 1.27 bits per heavy atom. The number of carboxylic acid groups (broad SMARTS) is 1. The van der Waals surface area contributed by atoms with Gasteiger partial charge in [0.1, 0.15) is 11.9 Å². The molecule has 4 N–H and O–H groups in total. The number of halogens is 4. The fraction of sp³-hybridized carbons (Fsp3) is 0.476. The number of ether oxygens (including phenoxy) is 1. The van der Waals surface area contributed by atoms with Crippen LogP contribution in [-0.4, -0.2) is 52.9 Å². The second kappa shape index (κ2) is 8.98. The van der Waals surface area contributed by atoms with Crippen LogP contribution >= 0.6 is 15.9 Å². The molecule has 0 saturated carbocycles. The van der Waals surface area contributed by atoms with Crippen LogP contribution in [0, 0.1) is 5.41 Å². The Morgan fingerprint density at radius 3 is 2.52 bits per heavy atom. The third-order valence-corrected chi connectivity index (χ3v) is 6.75. The maximum Gasteiger partial charge on any atom is 0.429 e. The lowest BCUT2D eigenvalue weighted by Gasteiger charge is -2.39. The molecule has 0 radical (unpaired) electrons. The van der Waals surface area contributed by atoms with Gasteiger partial charge < -0.3 is 25.8 Å². The van der Waals surface area contributed by atoms with E-state index in [1.807, 2.05) is 4.90 Å². The third kappa shape index (κ3) is 5.32. The van der Waals surface area contributed by atoms with Gasteiger partial charge in [-0.15, -0.1) is 0 Å². The van der Waals surface area contributed by atoms with Gasteiger partial charge in [-0.2, -0.15) is 23.1 Å². The molecule has 4 rings (SSSR count). The fourth-order valence-electron chi connectivity index (χ4n) is 4.42. The van der Waals surface area contributed by atoms with Gasteiger partial charge in [0.05, 0.1) is 0 Å². The zero-order chi connectivity index (χ0) is 23.8. The molecule has 1 aromatic heterocycles. The molecule has 12 heteroatoms. The van der Waals surface area contributed by atoms with Crippen LogP contribution in [0.2, 0.25) is 0 Å². The van der Waals surface area contributed by atoms with Crippen molar-refractivity contribution in [1.29, 1.82) is 0 Å². The number of aliphatic carboxylic acids is 1. The summed E-state index contributed by atoms with van der Waals surface area (Å²) in [6, 6.07) is 6.49. The average molecular weight is 530 g/mol. The summed E-state index contributed by atoms with van der Waals surface area (Å²) < 4.78 is 47.1. The normalized spacial score (nSPS) is 21.2. The summed E-state index contributed by atoms with van der Waals surface area (Å²) in [6.07, 6.45) is -4.87. The number of nitrogens with two attached hydrogens (primary N) is 1. The molecule has 2 saturated heterocycles. The van der Waals surface area contributed by atoms with Gasteiger partial charge in [0.25, 0.3) is 0 Å². The van der Waals surface area contributed by atoms with Crippen molar-refractivity contribution in [3.8, 4) is 5.88 Å². The molecule has 1 spiro atoms. The number of aromatic nitrogens is 2. The molecule has 0 unspecified atom stereocenters. The quantitative estimate of drug-likeness (QED) is 0.538. The summed E-state index contributed by atoms with van der Waals surface area (Å²) in [5, 5.41) is 12.3. The first-order chi connectivity index (χ1) is 15.5. The topological polar surface area (TPSA) is 114 Å². The molecule has 3 heterocycles. The highest BCUT2D eigenvalue weighted by Crippen LogP contribution is 2.41. The Balaban J connectivity index is 1.50. The van der Waals surface area contributed by atoms with Gasteiger partial charge in [0.15, 0.2) is 0 Å². The van der Waals surface area contributed by atoms with Crippen molar-refractivity contribution in [3.05, 3.63) is 40.4 Å². The second-order valence-electron chi connectivity index (χ2n) is 8.48. The maximum absolute atomic E-state index is 13.7. The number of anilines is 2. The molecule has 178 valence electrons. The first-order valence-electron chi connectivity index (χ1n) is 10.4. The second-order valence-corrected chi connectivity index (χ2v) is 9.39. The molecule has 1 aromatic carbocycles. The Hall–Kier alpha value is -2.60. The number of benzene rings is 1. The molecule has 2 fully saturated rings. The van der Waals surface area contributed by atoms with Crippen LogP contribution < -0.4 is 20.7 Å². The largest absolute Gasteiger partial charge is 0.480 e. The van der Waals surface area contributed by atoms with Crippen molar-refractivity contribution in [2.24, 2.45) is 5.41 Å². The van der Waals surface area contributed by atoms with Crippen molar-refractivity contribution >= 4 is 33.7 Å². The van der Waals surface area contributed by atoms with E-state index in [9.17, 15) is 23.1 Å². The van der Waals surface area contributed by atoms with Crippen LogP contribution in [-0.2, 0) is 4.79 Å². The predicted octanol–water partition coefficient (Wildman–Crippen LogP) is 3.54. The minimum absolute atomic E-state index is 0.0638. The molecule has 2 aromatic rings. The summed E-state index contributed by atoms with van der Waals surface area (Å²) in [5.74, 6) is -0.932. The maximum atomic E-state index is 13.7. The van der Waals surface area contributed by atoms with E-state index in [2.05, 4.69) is 31.2 Å². The van der Waals surface area contributed by atoms with E-state index in [4.69, 9.17) is 10.5 Å². The lowest BCUT2D eigenvalue weighted by molar-refractivity contribution is -0.198. The number of carbonyl (C=O) groups is 1. The summed E-state index contributed by atoms with van der Waals surface area (Å²) in [4.78, 5) is 21.2. The molecule has 8 nitrogen and oxygen atoms in total. The zero-order valence-corrected chi connectivity index (χ0v) is 19.1. The summed E-state index contributed by atoms with van der Waals surface area (Å²) >= 11 is 3.21. The van der Waals surface area contributed by atoms with E-state index >= 15 is 0 Å². The SMILES string of the molecule is Nc1nc(O[C@H](c2ccc(Br)cc2)C(F)(F)F)cc(N2CCC3(CC2)CN[C@H](C(=O)O)C3)n1. The number of nitrogen functional groups attached to an aromatic ring is 1. The molecule has 2 aliphatic rings. The zero-order valence-electron chi connectivity index (χ0n) is 17.5. The molecule has 2 aliphatic heterocycles. The van der Waals surface area contributed by atoms with Crippen molar-refractivity contribution < 1.29 is 27.8 Å². The van der Waals surface area contributed by atoms with Crippen LogP contribution in [0.15, 0.2) is 34.8 Å². The highest BCUT2D eigenvalue weighted by molar-refractivity contribution is 9.10. The van der Waals surface area contributed by atoms with Gasteiger partial charge >= 0.3 is 12.1 Å². The Kier molecular flexibility index (Phi) is 6.41. The Bertz CT molecular complexity index is 1010. The molecule has 2 atom stereocenters. The van der Waals surface area contributed by atoms with Crippen molar-refractivity contribution in [2.45, 2.75) is 37.6 Å². The number of nitrogens with zero attached hydrogens (tertiary/aromatic N) is 3. The number of hydrogen-bond acceptors (Lipinski definition) is 7. The summed E-state index contributed by atoms with van der Waals surface area (Å²) in [5.41, 5.74) is 5.61. The monoisotopic (exact) mass is 529 g/mol. The lowest BCUT2D eigenvalue weighted by Crippen LogP contribution is -2.41. The lowest BCUT2D eigenvalue weighted by atomic mass is 9.76. The number of rotatable bonds is 5. The molecular weight excluding hydrogens is 507 g/mol. The minimum atomic E-state index is -4.67. The Morgan fingerprint density at radius 2 is 1.94 bits per heavy atom.